The van der Waals surface area contributed by atoms with Crippen LogP contribution in [0.5, 0.6) is 0 Å². The molecule has 1 fully saturated rings. The number of hydrogen-bond acceptors (Lipinski definition) is 3. The number of aryl methyl sites for hydroxylation is 1. The molecule has 1 aromatic heterocycles. The molecule has 3 aromatic rings. The number of aromatic amines is 1. The van der Waals surface area contributed by atoms with E-state index in [1.807, 2.05) is 37.0 Å². The van der Waals surface area contributed by atoms with Crippen LogP contribution in [-0.2, 0) is 6.42 Å². The highest BCUT2D eigenvalue weighted by molar-refractivity contribution is 8.01. The highest BCUT2D eigenvalue weighted by atomic mass is 32.2. The van der Waals surface area contributed by atoms with Crippen LogP contribution in [0.2, 0.25) is 0 Å². The molecule has 146 valence electrons. The third-order valence-corrected chi connectivity index (χ3v) is 6.50. The van der Waals surface area contributed by atoms with Crippen molar-refractivity contribution in [2.75, 3.05) is 20.1 Å². The van der Waals surface area contributed by atoms with Crippen molar-refractivity contribution in [1.82, 2.24) is 20.6 Å². The molecule has 0 spiro atoms. The zero-order chi connectivity index (χ0) is 19.2. The molecule has 0 radical (unpaired) electrons. The Bertz CT molecular complexity index is 897. The zero-order valence-corrected chi connectivity index (χ0v) is 17.1. The van der Waals surface area contributed by atoms with Crippen molar-refractivity contribution in [3.8, 4) is 0 Å². The van der Waals surface area contributed by atoms with E-state index in [0.29, 0.717) is 4.75 Å². The fraction of sp³-hybridized carbons (Fsp3) is 0.364. The average Bonchev–Trinajstić information content (AvgIpc) is 3.35. The van der Waals surface area contributed by atoms with Crippen LogP contribution in [0.1, 0.15) is 25.1 Å². The predicted octanol–water partition coefficient (Wildman–Crippen LogP) is 3.99. The van der Waals surface area contributed by atoms with E-state index in [-0.39, 0.29) is 0 Å². The number of imidazole rings is 1. The van der Waals surface area contributed by atoms with Gasteiger partial charge in [-0.1, -0.05) is 30.3 Å². The van der Waals surface area contributed by atoms with E-state index in [9.17, 15) is 0 Å². The molecule has 0 bridgehead atoms. The summed E-state index contributed by atoms with van der Waals surface area (Å²) in [6.45, 7) is 1.81. The minimum atomic E-state index is 0.313. The van der Waals surface area contributed by atoms with Crippen molar-refractivity contribution < 1.29 is 0 Å². The quantitative estimate of drug-likeness (QED) is 0.308. The van der Waals surface area contributed by atoms with Gasteiger partial charge in [0.25, 0.3) is 0 Å². The summed E-state index contributed by atoms with van der Waals surface area (Å²) in [4.78, 5) is 13.7. The topological polar surface area (TPSA) is 65.1 Å². The fourth-order valence-corrected chi connectivity index (χ4v) is 4.49. The molecule has 0 unspecified atom stereocenters. The van der Waals surface area contributed by atoms with Crippen LogP contribution in [0.3, 0.4) is 0 Å². The number of thioether (sulfide) groups is 1. The van der Waals surface area contributed by atoms with Gasteiger partial charge in [0, 0.05) is 36.2 Å². The van der Waals surface area contributed by atoms with Crippen LogP contribution in [-0.4, -0.2) is 40.8 Å². The number of nitrogens with zero attached hydrogens (tertiary/aromatic N) is 2. The van der Waals surface area contributed by atoms with E-state index < -0.39 is 0 Å². The second-order valence-corrected chi connectivity index (χ2v) is 8.80. The van der Waals surface area contributed by atoms with E-state index in [1.165, 1.54) is 17.7 Å². The summed E-state index contributed by atoms with van der Waals surface area (Å²) in [6.07, 6.45) is 4.43. The standard InChI is InChI=1S/C22H27N5S/c1-23-21(25-16-22(13-14-22)28-17-8-3-2-4-9-17)24-15-7-12-20-26-18-10-5-6-11-19(18)27-20/h2-6,8-11H,7,12-16H2,1H3,(H,26,27)(H2,23,24,25). The second-order valence-electron chi connectivity index (χ2n) is 7.25. The molecule has 0 amide bonds. The summed E-state index contributed by atoms with van der Waals surface area (Å²) < 4.78 is 0.313. The van der Waals surface area contributed by atoms with Gasteiger partial charge in [0.1, 0.15) is 5.82 Å². The monoisotopic (exact) mass is 393 g/mol. The van der Waals surface area contributed by atoms with Gasteiger partial charge in [-0.25, -0.2) is 4.98 Å². The largest absolute Gasteiger partial charge is 0.356 e. The lowest BCUT2D eigenvalue weighted by atomic mass is 10.3. The fourth-order valence-electron chi connectivity index (χ4n) is 3.24. The summed E-state index contributed by atoms with van der Waals surface area (Å²) in [6, 6.07) is 18.8. The Labute approximate surface area is 170 Å². The normalized spacial score (nSPS) is 15.5. The van der Waals surface area contributed by atoms with Crippen molar-refractivity contribution in [1.29, 1.82) is 0 Å². The van der Waals surface area contributed by atoms with E-state index >= 15 is 0 Å². The number of hydrogen-bond donors (Lipinski definition) is 3. The lowest BCUT2D eigenvalue weighted by Crippen LogP contribution is -2.41. The first-order chi connectivity index (χ1) is 13.8. The summed E-state index contributed by atoms with van der Waals surface area (Å²) in [7, 11) is 1.83. The van der Waals surface area contributed by atoms with Crippen LogP contribution >= 0.6 is 11.8 Å². The van der Waals surface area contributed by atoms with Crippen molar-refractivity contribution >= 4 is 28.8 Å². The van der Waals surface area contributed by atoms with Crippen molar-refractivity contribution in [3.05, 3.63) is 60.4 Å². The zero-order valence-electron chi connectivity index (χ0n) is 16.2. The Morgan fingerprint density at radius 3 is 2.64 bits per heavy atom. The lowest BCUT2D eigenvalue weighted by Gasteiger charge is -2.18. The molecule has 6 heteroatoms. The number of para-hydroxylation sites is 2. The highest BCUT2D eigenvalue weighted by Gasteiger charge is 2.43. The van der Waals surface area contributed by atoms with Gasteiger partial charge in [0.05, 0.1) is 11.0 Å². The van der Waals surface area contributed by atoms with Gasteiger partial charge in [-0.2, -0.15) is 0 Å². The van der Waals surface area contributed by atoms with Crippen molar-refractivity contribution in [2.24, 2.45) is 4.99 Å². The second kappa shape index (κ2) is 8.69. The van der Waals surface area contributed by atoms with Gasteiger partial charge in [0.2, 0.25) is 0 Å². The molecule has 0 atom stereocenters. The summed E-state index contributed by atoms with van der Waals surface area (Å²) in [5.41, 5.74) is 2.14. The molecule has 0 aliphatic heterocycles. The van der Waals surface area contributed by atoms with Gasteiger partial charge >= 0.3 is 0 Å². The number of benzene rings is 2. The molecule has 1 saturated carbocycles. The molecular weight excluding hydrogens is 366 g/mol. The molecule has 1 aliphatic rings. The van der Waals surface area contributed by atoms with Crippen LogP contribution < -0.4 is 10.6 Å². The Morgan fingerprint density at radius 1 is 1.11 bits per heavy atom. The average molecular weight is 394 g/mol. The van der Waals surface area contributed by atoms with Gasteiger partial charge in [-0.05, 0) is 43.5 Å². The SMILES string of the molecule is CN=C(NCCCc1nc2ccccc2[nH]1)NCC1(Sc2ccccc2)CC1. The van der Waals surface area contributed by atoms with E-state index in [1.54, 1.807) is 0 Å². The molecular formula is C22H27N5S. The maximum Gasteiger partial charge on any atom is 0.191 e. The minimum absolute atomic E-state index is 0.313. The number of fused-ring (bicyclic) bond motifs is 1. The maximum absolute atomic E-state index is 4.63. The first-order valence-corrected chi connectivity index (χ1v) is 10.7. The minimum Gasteiger partial charge on any atom is -0.356 e. The number of aliphatic imine (C=N–C) groups is 1. The van der Waals surface area contributed by atoms with E-state index in [4.69, 9.17) is 0 Å². The first kappa shape index (κ1) is 18.9. The maximum atomic E-state index is 4.63. The van der Waals surface area contributed by atoms with Crippen LogP contribution in [0.15, 0.2) is 64.5 Å². The smallest absolute Gasteiger partial charge is 0.191 e. The third kappa shape index (κ3) is 4.87. The Kier molecular flexibility index (Phi) is 5.86. The van der Waals surface area contributed by atoms with E-state index in [0.717, 1.165) is 48.7 Å². The van der Waals surface area contributed by atoms with Crippen molar-refractivity contribution in [3.63, 3.8) is 0 Å². The molecule has 5 nitrogen and oxygen atoms in total. The van der Waals surface area contributed by atoms with Gasteiger partial charge < -0.3 is 15.6 Å². The summed E-state index contributed by atoms with van der Waals surface area (Å²) in [5, 5.41) is 6.93. The Balaban J connectivity index is 1.20. The Morgan fingerprint density at radius 2 is 1.89 bits per heavy atom. The number of guanidine groups is 1. The predicted molar refractivity (Wildman–Crippen MR) is 118 cm³/mol. The molecule has 0 saturated heterocycles. The van der Waals surface area contributed by atoms with Crippen molar-refractivity contribution in [2.45, 2.75) is 35.3 Å². The summed E-state index contributed by atoms with van der Waals surface area (Å²) in [5.74, 6) is 1.92. The van der Waals surface area contributed by atoms with Crippen LogP contribution in [0, 0.1) is 0 Å². The number of rotatable bonds is 8. The lowest BCUT2D eigenvalue weighted by molar-refractivity contribution is 0.717. The molecule has 1 heterocycles. The highest BCUT2D eigenvalue weighted by Crippen LogP contribution is 2.51. The molecule has 1 aliphatic carbocycles. The molecule has 2 aromatic carbocycles. The van der Waals surface area contributed by atoms with Gasteiger partial charge in [-0.3, -0.25) is 4.99 Å². The molecule has 3 N–H and O–H groups in total. The van der Waals surface area contributed by atoms with E-state index in [2.05, 4.69) is 62.0 Å². The summed E-state index contributed by atoms with van der Waals surface area (Å²) >= 11 is 1.98. The van der Waals surface area contributed by atoms with Crippen LogP contribution in [0.4, 0.5) is 0 Å². The van der Waals surface area contributed by atoms with Crippen LogP contribution in [0.25, 0.3) is 11.0 Å². The number of nitrogens with one attached hydrogen (secondary N) is 3. The number of H-pyrrole nitrogens is 1. The number of aromatic nitrogens is 2. The van der Waals surface area contributed by atoms with Gasteiger partial charge in [-0.15, -0.1) is 11.8 Å². The molecule has 28 heavy (non-hydrogen) atoms. The Hall–Kier alpha value is -2.47. The van der Waals surface area contributed by atoms with Gasteiger partial charge in [0.15, 0.2) is 5.96 Å². The third-order valence-electron chi connectivity index (χ3n) is 5.01. The molecule has 4 rings (SSSR count). The first-order valence-electron chi connectivity index (χ1n) is 9.89.